The molecular formula is C11H21N3. The van der Waals surface area contributed by atoms with E-state index in [-0.39, 0.29) is 0 Å². The molecular weight excluding hydrogens is 174 g/mol. The Morgan fingerprint density at radius 2 is 2.36 bits per heavy atom. The van der Waals surface area contributed by atoms with Crippen LogP contribution in [0.3, 0.4) is 0 Å². The number of nitrogens with zero attached hydrogens (tertiary/aromatic N) is 2. The van der Waals surface area contributed by atoms with Gasteiger partial charge in [-0.2, -0.15) is 0 Å². The number of hydrogen-bond donors (Lipinski definition) is 1. The minimum Gasteiger partial charge on any atom is -0.372 e. The van der Waals surface area contributed by atoms with Gasteiger partial charge in [-0.25, -0.2) is 0 Å². The van der Waals surface area contributed by atoms with E-state index < -0.39 is 0 Å². The van der Waals surface area contributed by atoms with Gasteiger partial charge in [-0.05, 0) is 39.3 Å². The monoisotopic (exact) mass is 195 g/mol. The van der Waals surface area contributed by atoms with Crippen molar-refractivity contribution in [1.82, 2.24) is 10.2 Å². The first kappa shape index (κ1) is 9.97. The van der Waals surface area contributed by atoms with Gasteiger partial charge in [0, 0.05) is 25.6 Å². The summed E-state index contributed by atoms with van der Waals surface area (Å²) >= 11 is 0. The number of rotatable bonds is 2. The summed E-state index contributed by atoms with van der Waals surface area (Å²) in [7, 11) is 2.22. The fraction of sp³-hybridized carbons (Fsp3) is 0.909. The predicted octanol–water partition coefficient (Wildman–Crippen LogP) is 1.25. The van der Waals surface area contributed by atoms with Crippen LogP contribution < -0.4 is 5.32 Å². The van der Waals surface area contributed by atoms with E-state index in [1.807, 2.05) is 0 Å². The fourth-order valence-corrected chi connectivity index (χ4v) is 2.31. The van der Waals surface area contributed by atoms with Crippen LogP contribution in [0.15, 0.2) is 4.99 Å². The van der Waals surface area contributed by atoms with Crippen molar-refractivity contribution in [2.24, 2.45) is 4.99 Å². The molecule has 0 saturated carbocycles. The van der Waals surface area contributed by atoms with Crippen molar-refractivity contribution in [2.75, 3.05) is 26.7 Å². The fourth-order valence-electron chi connectivity index (χ4n) is 2.31. The van der Waals surface area contributed by atoms with E-state index in [0.29, 0.717) is 0 Å². The van der Waals surface area contributed by atoms with Gasteiger partial charge in [0.2, 0.25) is 0 Å². The maximum absolute atomic E-state index is 4.50. The van der Waals surface area contributed by atoms with Crippen LogP contribution in [0.1, 0.15) is 32.1 Å². The second-order valence-corrected chi connectivity index (χ2v) is 4.44. The summed E-state index contributed by atoms with van der Waals surface area (Å²) in [5.41, 5.74) is 0. The molecule has 3 nitrogen and oxygen atoms in total. The molecule has 0 amide bonds. The average molecular weight is 195 g/mol. The molecule has 1 fully saturated rings. The van der Waals surface area contributed by atoms with Crippen molar-refractivity contribution < 1.29 is 0 Å². The van der Waals surface area contributed by atoms with Crippen molar-refractivity contribution in [3.05, 3.63) is 0 Å². The van der Waals surface area contributed by atoms with Crippen LogP contribution in [0.4, 0.5) is 0 Å². The molecule has 0 aromatic rings. The molecule has 0 spiro atoms. The van der Waals surface area contributed by atoms with E-state index in [2.05, 4.69) is 22.3 Å². The molecule has 0 bridgehead atoms. The lowest BCUT2D eigenvalue weighted by Crippen LogP contribution is -2.38. The molecule has 2 aliphatic rings. The number of likely N-dealkylation sites (N-methyl/N-ethyl adjacent to an activating group) is 1. The van der Waals surface area contributed by atoms with Gasteiger partial charge in [0.25, 0.3) is 0 Å². The molecule has 2 aliphatic heterocycles. The molecule has 1 N–H and O–H groups in total. The molecule has 0 aliphatic carbocycles. The molecule has 1 saturated heterocycles. The van der Waals surface area contributed by atoms with Crippen molar-refractivity contribution in [2.45, 2.75) is 38.1 Å². The lowest BCUT2D eigenvalue weighted by Gasteiger charge is -2.22. The summed E-state index contributed by atoms with van der Waals surface area (Å²) in [5.74, 6) is 1.25. The van der Waals surface area contributed by atoms with Crippen LogP contribution in [0, 0.1) is 0 Å². The van der Waals surface area contributed by atoms with Gasteiger partial charge >= 0.3 is 0 Å². The molecule has 0 aromatic carbocycles. The third kappa shape index (κ3) is 2.47. The van der Waals surface area contributed by atoms with Gasteiger partial charge in [0.05, 0.1) is 5.84 Å². The lowest BCUT2D eigenvalue weighted by atomic mass is 10.1. The quantitative estimate of drug-likeness (QED) is 0.718. The Morgan fingerprint density at radius 3 is 3.00 bits per heavy atom. The minimum atomic E-state index is 0.736. The van der Waals surface area contributed by atoms with Gasteiger partial charge in [0.15, 0.2) is 0 Å². The highest BCUT2D eigenvalue weighted by Gasteiger charge is 2.20. The normalized spacial score (nSPS) is 28.9. The Morgan fingerprint density at radius 1 is 1.43 bits per heavy atom. The standard InChI is InChI=1S/C11H21N3/c1-14-8-4-5-10(14)9-13-11-6-2-3-7-12-11/h10H,2-9H2,1H3,(H,12,13)/t10-/m0/s1. The van der Waals surface area contributed by atoms with Crippen molar-refractivity contribution >= 4 is 5.84 Å². The Hall–Kier alpha value is -0.570. The third-order valence-corrected chi connectivity index (χ3v) is 3.34. The highest BCUT2D eigenvalue weighted by Crippen LogP contribution is 2.14. The zero-order chi connectivity index (χ0) is 9.80. The molecule has 0 unspecified atom stereocenters. The highest BCUT2D eigenvalue weighted by molar-refractivity contribution is 5.82. The zero-order valence-corrected chi connectivity index (χ0v) is 9.13. The average Bonchev–Trinajstić information content (AvgIpc) is 2.63. The summed E-state index contributed by atoms with van der Waals surface area (Å²) < 4.78 is 0. The summed E-state index contributed by atoms with van der Waals surface area (Å²) in [6.07, 6.45) is 6.45. The highest BCUT2D eigenvalue weighted by atomic mass is 15.2. The first-order chi connectivity index (χ1) is 6.86. The van der Waals surface area contributed by atoms with Crippen molar-refractivity contribution in [3.8, 4) is 0 Å². The van der Waals surface area contributed by atoms with Gasteiger partial charge < -0.3 is 10.2 Å². The molecule has 1 atom stereocenters. The van der Waals surface area contributed by atoms with Gasteiger partial charge in [-0.15, -0.1) is 0 Å². The summed E-state index contributed by atoms with van der Waals surface area (Å²) in [6, 6.07) is 0.736. The van der Waals surface area contributed by atoms with Crippen LogP contribution in [0.25, 0.3) is 0 Å². The molecule has 2 heterocycles. The Bertz CT molecular complexity index is 213. The molecule has 3 heteroatoms. The lowest BCUT2D eigenvalue weighted by molar-refractivity contribution is 0.309. The summed E-state index contributed by atoms with van der Waals surface area (Å²) in [5, 5.41) is 3.50. The number of likely N-dealkylation sites (tertiary alicyclic amines) is 1. The maximum atomic E-state index is 4.50. The maximum Gasteiger partial charge on any atom is 0.0963 e. The number of aliphatic imine (C=N–C) groups is 1. The SMILES string of the molecule is CN1CCC[C@H]1CNC1=NCCCC1. The van der Waals surface area contributed by atoms with Crippen LogP contribution in [0.5, 0.6) is 0 Å². The Kier molecular flexibility index (Phi) is 3.40. The number of amidine groups is 1. The first-order valence-corrected chi connectivity index (χ1v) is 5.84. The van der Waals surface area contributed by atoms with E-state index >= 15 is 0 Å². The van der Waals surface area contributed by atoms with Crippen LogP contribution in [0.2, 0.25) is 0 Å². The Labute approximate surface area is 86.6 Å². The summed E-state index contributed by atoms with van der Waals surface area (Å²) in [6.45, 7) is 3.39. The minimum absolute atomic E-state index is 0.736. The van der Waals surface area contributed by atoms with E-state index in [9.17, 15) is 0 Å². The summed E-state index contributed by atoms with van der Waals surface area (Å²) in [4.78, 5) is 6.96. The molecule has 14 heavy (non-hydrogen) atoms. The Balaban J connectivity index is 1.73. The first-order valence-electron chi connectivity index (χ1n) is 5.84. The largest absolute Gasteiger partial charge is 0.372 e. The predicted molar refractivity (Wildman–Crippen MR) is 59.8 cm³/mol. The van der Waals surface area contributed by atoms with Crippen LogP contribution in [-0.2, 0) is 0 Å². The molecule has 0 radical (unpaired) electrons. The third-order valence-electron chi connectivity index (χ3n) is 3.34. The van der Waals surface area contributed by atoms with Crippen molar-refractivity contribution in [1.29, 1.82) is 0 Å². The smallest absolute Gasteiger partial charge is 0.0963 e. The molecule has 0 aromatic heterocycles. The number of hydrogen-bond acceptors (Lipinski definition) is 3. The van der Waals surface area contributed by atoms with E-state index in [1.165, 1.54) is 38.1 Å². The van der Waals surface area contributed by atoms with Gasteiger partial charge in [-0.1, -0.05) is 0 Å². The van der Waals surface area contributed by atoms with E-state index in [0.717, 1.165) is 25.6 Å². The van der Waals surface area contributed by atoms with Gasteiger partial charge in [0.1, 0.15) is 0 Å². The van der Waals surface area contributed by atoms with Gasteiger partial charge in [-0.3, -0.25) is 4.99 Å². The number of nitrogens with one attached hydrogen (secondary N) is 1. The topological polar surface area (TPSA) is 27.6 Å². The van der Waals surface area contributed by atoms with Crippen LogP contribution >= 0.6 is 0 Å². The van der Waals surface area contributed by atoms with E-state index in [1.54, 1.807) is 0 Å². The molecule has 80 valence electrons. The van der Waals surface area contributed by atoms with Crippen molar-refractivity contribution in [3.63, 3.8) is 0 Å². The second kappa shape index (κ2) is 4.78. The second-order valence-electron chi connectivity index (χ2n) is 4.44. The van der Waals surface area contributed by atoms with Crippen LogP contribution in [-0.4, -0.2) is 43.5 Å². The molecule has 2 rings (SSSR count). The zero-order valence-electron chi connectivity index (χ0n) is 9.13. The van der Waals surface area contributed by atoms with E-state index in [4.69, 9.17) is 0 Å².